The molecule has 11 heteroatoms. The zero-order chi connectivity index (χ0) is 19.7. The van der Waals surface area contributed by atoms with Crippen LogP contribution in [0.5, 0.6) is 0 Å². The molecule has 0 heterocycles. The van der Waals surface area contributed by atoms with Gasteiger partial charge in [0.05, 0.1) is 12.2 Å². The number of rotatable bonds is 10. The van der Waals surface area contributed by atoms with Crippen molar-refractivity contribution in [2.45, 2.75) is 37.4 Å². The minimum absolute atomic E-state index is 0.0371. The summed E-state index contributed by atoms with van der Waals surface area (Å²) in [4.78, 5) is 21.3. The maximum absolute atomic E-state index is 12.0. The topological polar surface area (TPSA) is 67.4 Å². The van der Waals surface area contributed by atoms with Gasteiger partial charge >= 0.3 is 24.2 Å². The maximum atomic E-state index is 12.0. The van der Waals surface area contributed by atoms with E-state index in [2.05, 4.69) is 13.2 Å². The first kappa shape index (κ1) is 23.0. The number of nitrogens with one attached hydrogen (secondary N) is 2. The summed E-state index contributed by atoms with van der Waals surface area (Å²) in [5.74, 6) is -4.18. The fourth-order valence-corrected chi connectivity index (χ4v) is 1.56. The molecule has 0 aromatic carbocycles. The summed E-state index contributed by atoms with van der Waals surface area (Å²) in [5.41, 5.74) is 0. The van der Waals surface area contributed by atoms with Crippen LogP contribution in [0.3, 0.4) is 0 Å². The number of ether oxygens (including phenoxy) is 1. The van der Waals surface area contributed by atoms with Gasteiger partial charge in [-0.2, -0.15) is 26.3 Å². The highest BCUT2D eigenvalue weighted by Crippen LogP contribution is 2.15. The molecule has 0 spiro atoms. The molecule has 0 rings (SSSR count). The van der Waals surface area contributed by atoms with Gasteiger partial charge in [0.1, 0.15) is 0 Å². The Kier molecular flexibility index (Phi) is 9.24. The molecule has 0 aromatic rings. The van der Waals surface area contributed by atoms with Crippen LogP contribution in [-0.4, -0.2) is 49.5 Å². The summed E-state index contributed by atoms with van der Waals surface area (Å²) >= 11 is 0. The molecule has 2 unspecified atom stereocenters. The van der Waals surface area contributed by atoms with Crippen molar-refractivity contribution in [1.82, 2.24) is 10.6 Å². The zero-order valence-electron chi connectivity index (χ0n) is 13.0. The van der Waals surface area contributed by atoms with Crippen LogP contribution in [0.1, 0.15) is 12.8 Å². The summed E-state index contributed by atoms with van der Waals surface area (Å²) in [6, 6.07) is 0. The minimum atomic E-state index is -5.00. The predicted molar refractivity (Wildman–Crippen MR) is 76.4 cm³/mol. The highest BCUT2D eigenvalue weighted by Gasteiger charge is 2.39. The second kappa shape index (κ2) is 10.1. The molecule has 0 fully saturated rings. The first-order valence-corrected chi connectivity index (χ1v) is 7.02. The quantitative estimate of drug-likeness (QED) is 0.454. The highest BCUT2D eigenvalue weighted by atomic mass is 19.4. The standard InChI is InChI=1S/C14H18F6N2O3/c1-3-9(5-7-21-11(23)13(15,16)17)25-10(4-2)6-8-22-12(24)14(18,19)20/h3-4,9-10H,1-2,5-8H2,(H,21,23)(H,22,24). The Labute approximate surface area is 140 Å². The van der Waals surface area contributed by atoms with Crippen LogP contribution in [0.15, 0.2) is 25.3 Å². The molecule has 0 aliphatic heterocycles. The van der Waals surface area contributed by atoms with E-state index < -0.39 is 36.4 Å². The Bertz CT molecular complexity index is 434. The highest BCUT2D eigenvalue weighted by molar-refractivity contribution is 5.81. The van der Waals surface area contributed by atoms with Gasteiger partial charge in [-0.3, -0.25) is 9.59 Å². The molecule has 0 aromatic heterocycles. The van der Waals surface area contributed by atoms with E-state index in [-0.39, 0.29) is 25.9 Å². The van der Waals surface area contributed by atoms with Crippen LogP contribution in [0.25, 0.3) is 0 Å². The van der Waals surface area contributed by atoms with Crippen molar-refractivity contribution in [2.75, 3.05) is 13.1 Å². The minimum Gasteiger partial charge on any atom is -0.367 e. The van der Waals surface area contributed by atoms with E-state index in [0.717, 1.165) is 0 Å². The molecule has 25 heavy (non-hydrogen) atoms. The van der Waals surface area contributed by atoms with Gasteiger partial charge in [0.25, 0.3) is 0 Å². The molecule has 2 atom stereocenters. The van der Waals surface area contributed by atoms with Crippen molar-refractivity contribution in [1.29, 1.82) is 0 Å². The molecular formula is C14H18F6N2O3. The molecule has 0 bridgehead atoms. The summed E-state index contributed by atoms with van der Waals surface area (Å²) < 4.78 is 77.5. The molecule has 0 radical (unpaired) electrons. The SMILES string of the molecule is C=CC(CCNC(=O)C(F)(F)F)OC(C=C)CCNC(=O)C(F)(F)F. The first-order chi connectivity index (χ1) is 11.4. The number of amides is 2. The smallest absolute Gasteiger partial charge is 0.367 e. The summed E-state index contributed by atoms with van der Waals surface area (Å²) in [5, 5.41) is 3.31. The van der Waals surface area contributed by atoms with Gasteiger partial charge in [0, 0.05) is 13.1 Å². The van der Waals surface area contributed by atoms with Gasteiger partial charge in [0.15, 0.2) is 0 Å². The summed E-state index contributed by atoms with van der Waals surface area (Å²) in [6.45, 7) is 6.16. The Balaban J connectivity index is 4.29. The van der Waals surface area contributed by atoms with Gasteiger partial charge in [-0.1, -0.05) is 12.2 Å². The van der Waals surface area contributed by atoms with Crippen molar-refractivity contribution in [2.24, 2.45) is 0 Å². The lowest BCUT2D eigenvalue weighted by Gasteiger charge is -2.21. The van der Waals surface area contributed by atoms with E-state index in [1.54, 1.807) is 10.6 Å². The van der Waals surface area contributed by atoms with Crippen LogP contribution in [0.2, 0.25) is 0 Å². The Morgan fingerprint density at radius 1 is 0.840 bits per heavy atom. The second-order valence-corrected chi connectivity index (χ2v) is 4.77. The number of alkyl halides is 6. The van der Waals surface area contributed by atoms with E-state index in [0.29, 0.717) is 0 Å². The molecule has 0 aliphatic carbocycles. The fourth-order valence-electron chi connectivity index (χ4n) is 1.56. The molecule has 0 saturated heterocycles. The molecule has 0 saturated carbocycles. The van der Waals surface area contributed by atoms with Gasteiger partial charge < -0.3 is 15.4 Å². The lowest BCUT2D eigenvalue weighted by Crippen LogP contribution is -2.39. The Morgan fingerprint density at radius 2 is 1.16 bits per heavy atom. The molecule has 5 nitrogen and oxygen atoms in total. The summed E-state index contributed by atoms with van der Waals surface area (Å²) in [6.07, 6.45) is -9.07. The van der Waals surface area contributed by atoms with Crippen LogP contribution in [0.4, 0.5) is 26.3 Å². The number of carbonyl (C=O) groups excluding carboxylic acids is 2. The van der Waals surface area contributed by atoms with E-state index >= 15 is 0 Å². The van der Waals surface area contributed by atoms with Crippen molar-refractivity contribution < 1.29 is 40.7 Å². The third-order valence-corrected chi connectivity index (χ3v) is 2.82. The monoisotopic (exact) mass is 376 g/mol. The molecule has 2 amide bonds. The molecule has 2 N–H and O–H groups in total. The van der Waals surface area contributed by atoms with Crippen LogP contribution in [-0.2, 0) is 14.3 Å². The average Bonchev–Trinajstić information content (AvgIpc) is 2.50. The van der Waals surface area contributed by atoms with Crippen molar-refractivity contribution in [3.63, 3.8) is 0 Å². The molecule has 144 valence electrons. The average molecular weight is 376 g/mol. The fraction of sp³-hybridized carbons (Fsp3) is 0.571. The normalized spacial score (nSPS) is 14.3. The largest absolute Gasteiger partial charge is 0.471 e. The Morgan fingerprint density at radius 3 is 1.40 bits per heavy atom. The van der Waals surface area contributed by atoms with Gasteiger partial charge in [-0.25, -0.2) is 0 Å². The van der Waals surface area contributed by atoms with Gasteiger partial charge in [-0.15, -0.1) is 13.2 Å². The van der Waals surface area contributed by atoms with Gasteiger partial charge in [0.2, 0.25) is 0 Å². The third kappa shape index (κ3) is 9.75. The van der Waals surface area contributed by atoms with Crippen molar-refractivity contribution in [3.05, 3.63) is 25.3 Å². The predicted octanol–water partition coefficient (Wildman–Crippen LogP) is 2.25. The second-order valence-electron chi connectivity index (χ2n) is 4.77. The lowest BCUT2D eigenvalue weighted by molar-refractivity contribution is -0.173. The van der Waals surface area contributed by atoms with Crippen molar-refractivity contribution in [3.8, 4) is 0 Å². The Hall–Kier alpha value is -2.04. The van der Waals surface area contributed by atoms with Crippen LogP contribution in [0, 0.1) is 0 Å². The zero-order valence-corrected chi connectivity index (χ0v) is 13.0. The van der Waals surface area contributed by atoms with Crippen molar-refractivity contribution >= 4 is 11.8 Å². The number of hydrogen-bond acceptors (Lipinski definition) is 3. The molecule has 0 aliphatic rings. The van der Waals surface area contributed by atoms with E-state index in [4.69, 9.17) is 4.74 Å². The van der Waals surface area contributed by atoms with E-state index in [1.807, 2.05) is 0 Å². The van der Waals surface area contributed by atoms with Crippen LogP contribution < -0.4 is 10.6 Å². The maximum Gasteiger partial charge on any atom is 0.471 e. The number of hydrogen-bond donors (Lipinski definition) is 2. The number of halogens is 6. The lowest BCUT2D eigenvalue weighted by atomic mass is 10.2. The van der Waals surface area contributed by atoms with E-state index in [1.165, 1.54) is 12.2 Å². The van der Waals surface area contributed by atoms with Gasteiger partial charge in [-0.05, 0) is 12.8 Å². The van der Waals surface area contributed by atoms with Crippen LogP contribution >= 0.6 is 0 Å². The number of carbonyl (C=O) groups is 2. The first-order valence-electron chi connectivity index (χ1n) is 7.02. The molecular weight excluding hydrogens is 358 g/mol. The van der Waals surface area contributed by atoms with E-state index in [9.17, 15) is 35.9 Å². The summed E-state index contributed by atoms with van der Waals surface area (Å²) in [7, 11) is 0. The third-order valence-electron chi connectivity index (χ3n) is 2.82.